The van der Waals surface area contributed by atoms with Crippen molar-refractivity contribution in [3.63, 3.8) is 0 Å². The summed E-state index contributed by atoms with van der Waals surface area (Å²) < 4.78 is 7.46. The minimum Gasteiger partial charge on any atom is -0.461 e. The van der Waals surface area contributed by atoms with Gasteiger partial charge >= 0.3 is 0 Å². The number of furan rings is 1. The summed E-state index contributed by atoms with van der Waals surface area (Å²) >= 11 is 0. The van der Waals surface area contributed by atoms with E-state index < -0.39 is 0 Å². The van der Waals surface area contributed by atoms with Gasteiger partial charge in [0.2, 0.25) is 11.8 Å². The molecule has 4 heterocycles. The van der Waals surface area contributed by atoms with E-state index in [0.29, 0.717) is 11.6 Å². The molecule has 0 spiro atoms. The molecule has 1 fully saturated rings. The zero-order chi connectivity index (χ0) is 24.3. The molecular formula is C28H29N7O. The SMILES string of the molecule is CN(Cc1ccccc1)c1ncc(CN2CCN(c3ccccc3)CC2)c2nc(-c3ccco3)nn12. The third-order valence-corrected chi connectivity index (χ3v) is 6.65. The molecule has 1 saturated heterocycles. The number of benzene rings is 2. The molecule has 2 aromatic carbocycles. The van der Waals surface area contributed by atoms with Gasteiger partial charge in [-0.05, 0) is 29.8 Å². The Kier molecular flexibility index (Phi) is 6.09. The van der Waals surface area contributed by atoms with Crippen molar-refractivity contribution >= 4 is 17.3 Å². The Morgan fingerprint density at radius 1 is 0.889 bits per heavy atom. The molecule has 0 saturated carbocycles. The lowest BCUT2D eigenvalue weighted by Crippen LogP contribution is -2.46. The van der Waals surface area contributed by atoms with Crippen LogP contribution in [0.2, 0.25) is 0 Å². The molecule has 0 bridgehead atoms. The smallest absolute Gasteiger partial charge is 0.228 e. The van der Waals surface area contributed by atoms with E-state index in [4.69, 9.17) is 19.5 Å². The van der Waals surface area contributed by atoms with Crippen molar-refractivity contribution in [2.45, 2.75) is 13.1 Å². The van der Waals surface area contributed by atoms with Gasteiger partial charge in [0, 0.05) is 63.8 Å². The molecule has 8 heteroatoms. The van der Waals surface area contributed by atoms with Gasteiger partial charge < -0.3 is 14.2 Å². The highest BCUT2D eigenvalue weighted by molar-refractivity contribution is 5.58. The van der Waals surface area contributed by atoms with Gasteiger partial charge in [0.1, 0.15) is 0 Å². The fourth-order valence-electron chi connectivity index (χ4n) is 4.76. The second-order valence-corrected chi connectivity index (χ2v) is 9.17. The molecule has 6 rings (SSSR count). The normalized spacial score (nSPS) is 14.4. The molecule has 5 aromatic rings. The fourth-order valence-corrected chi connectivity index (χ4v) is 4.76. The molecule has 0 N–H and O–H groups in total. The number of rotatable bonds is 7. The lowest BCUT2D eigenvalue weighted by molar-refractivity contribution is 0.250. The van der Waals surface area contributed by atoms with Crippen molar-refractivity contribution in [3.8, 4) is 11.6 Å². The monoisotopic (exact) mass is 479 g/mol. The Morgan fingerprint density at radius 3 is 2.36 bits per heavy atom. The molecule has 0 atom stereocenters. The molecule has 0 amide bonds. The number of piperazine rings is 1. The summed E-state index contributed by atoms with van der Waals surface area (Å²) in [5, 5.41) is 4.80. The predicted molar refractivity (Wildman–Crippen MR) is 141 cm³/mol. The highest BCUT2D eigenvalue weighted by Gasteiger charge is 2.22. The van der Waals surface area contributed by atoms with Crippen molar-refractivity contribution < 1.29 is 4.42 Å². The van der Waals surface area contributed by atoms with Crippen LogP contribution in [0.4, 0.5) is 11.6 Å². The second kappa shape index (κ2) is 9.83. The number of nitrogens with zero attached hydrogens (tertiary/aromatic N) is 7. The third-order valence-electron chi connectivity index (χ3n) is 6.65. The maximum absolute atomic E-state index is 5.60. The van der Waals surface area contributed by atoms with Crippen LogP contribution in [-0.2, 0) is 13.1 Å². The molecule has 1 aliphatic heterocycles. The maximum Gasteiger partial charge on any atom is 0.228 e. The van der Waals surface area contributed by atoms with Gasteiger partial charge in [0.15, 0.2) is 11.4 Å². The van der Waals surface area contributed by atoms with E-state index in [2.05, 4.69) is 69.3 Å². The van der Waals surface area contributed by atoms with Crippen LogP contribution >= 0.6 is 0 Å². The number of para-hydroxylation sites is 1. The van der Waals surface area contributed by atoms with E-state index in [1.165, 1.54) is 11.3 Å². The summed E-state index contributed by atoms with van der Waals surface area (Å²) in [6.45, 7) is 5.45. The number of hydrogen-bond donors (Lipinski definition) is 0. The van der Waals surface area contributed by atoms with Crippen molar-refractivity contribution in [1.82, 2.24) is 24.5 Å². The van der Waals surface area contributed by atoms with Crippen LogP contribution in [-0.4, -0.2) is 57.7 Å². The zero-order valence-corrected chi connectivity index (χ0v) is 20.4. The predicted octanol–water partition coefficient (Wildman–Crippen LogP) is 4.34. The van der Waals surface area contributed by atoms with Crippen molar-refractivity contribution in [2.75, 3.05) is 43.0 Å². The summed E-state index contributed by atoms with van der Waals surface area (Å²) in [5.74, 6) is 1.96. The molecule has 3 aromatic heterocycles. The van der Waals surface area contributed by atoms with E-state index in [-0.39, 0.29) is 0 Å². The van der Waals surface area contributed by atoms with Gasteiger partial charge in [-0.1, -0.05) is 48.5 Å². The molecule has 36 heavy (non-hydrogen) atoms. The van der Waals surface area contributed by atoms with Crippen molar-refractivity contribution in [1.29, 1.82) is 0 Å². The van der Waals surface area contributed by atoms with Crippen LogP contribution in [0.15, 0.2) is 89.7 Å². The standard InChI is InChI=1S/C28H29N7O/c1-32(20-22-9-4-2-5-10-22)28-29-19-23(27-30-26(31-35(27)28)25-13-8-18-36-25)21-33-14-16-34(17-15-33)24-11-6-3-7-12-24/h2-13,18-19H,14-17,20-21H2,1H3. The van der Waals surface area contributed by atoms with Crippen molar-refractivity contribution in [3.05, 3.63) is 96.4 Å². The van der Waals surface area contributed by atoms with Gasteiger partial charge in [-0.2, -0.15) is 4.52 Å². The Hall–Kier alpha value is -4.17. The van der Waals surface area contributed by atoms with Gasteiger partial charge in [-0.3, -0.25) is 4.90 Å². The quantitative estimate of drug-likeness (QED) is 0.344. The molecule has 1 aliphatic rings. The van der Waals surface area contributed by atoms with Crippen LogP contribution in [0.3, 0.4) is 0 Å². The van der Waals surface area contributed by atoms with Gasteiger partial charge in [-0.25, -0.2) is 9.97 Å². The Bertz CT molecular complexity index is 1410. The van der Waals surface area contributed by atoms with Crippen LogP contribution < -0.4 is 9.80 Å². The first-order chi connectivity index (χ1) is 17.7. The summed E-state index contributed by atoms with van der Waals surface area (Å²) in [6, 6.07) is 24.7. The Balaban J connectivity index is 1.27. The topological polar surface area (TPSA) is 65.9 Å². The minimum atomic E-state index is 0.567. The van der Waals surface area contributed by atoms with Gasteiger partial charge in [0.05, 0.1) is 6.26 Å². The first kappa shape index (κ1) is 22.3. The fraction of sp³-hybridized carbons (Fsp3) is 0.250. The van der Waals surface area contributed by atoms with Crippen LogP contribution in [0, 0.1) is 0 Å². The average Bonchev–Trinajstić information content (AvgIpc) is 3.61. The molecule has 0 unspecified atom stereocenters. The molecule has 0 radical (unpaired) electrons. The van der Waals surface area contributed by atoms with Crippen LogP contribution in [0.1, 0.15) is 11.1 Å². The highest BCUT2D eigenvalue weighted by Crippen LogP contribution is 2.24. The van der Waals surface area contributed by atoms with Gasteiger partial charge in [-0.15, -0.1) is 5.10 Å². The second-order valence-electron chi connectivity index (χ2n) is 9.17. The average molecular weight is 480 g/mol. The molecular weight excluding hydrogens is 450 g/mol. The van der Waals surface area contributed by atoms with E-state index in [1.54, 1.807) is 6.26 Å². The lowest BCUT2D eigenvalue weighted by atomic mass is 10.2. The van der Waals surface area contributed by atoms with Crippen molar-refractivity contribution in [2.24, 2.45) is 0 Å². The molecule has 8 nitrogen and oxygen atoms in total. The maximum atomic E-state index is 5.60. The first-order valence-electron chi connectivity index (χ1n) is 12.3. The minimum absolute atomic E-state index is 0.567. The van der Waals surface area contributed by atoms with E-state index in [1.807, 2.05) is 36.0 Å². The van der Waals surface area contributed by atoms with E-state index >= 15 is 0 Å². The van der Waals surface area contributed by atoms with Crippen LogP contribution in [0.5, 0.6) is 0 Å². The zero-order valence-electron chi connectivity index (χ0n) is 20.4. The number of hydrogen-bond acceptors (Lipinski definition) is 7. The lowest BCUT2D eigenvalue weighted by Gasteiger charge is -2.36. The number of aromatic nitrogens is 4. The summed E-state index contributed by atoms with van der Waals surface area (Å²) in [6.07, 6.45) is 3.60. The Morgan fingerprint density at radius 2 is 1.64 bits per heavy atom. The molecule has 182 valence electrons. The summed E-state index contributed by atoms with van der Waals surface area (Å²) in [4.78, 5) is 16.7. The Labute approximate surface area is 210 Å². The third kappa shape index (κ3) is 4.55. The van der Waals surface area contributed by atoms with E-state index in [9.17, 15) is 0 Å². The highest BCUT2D eigenvalue weighted by atomic mass is 16.3. The van der Waals surface area contributed by atoms with Crippen LogP contribution in [0.25, 0.3) is 17.2 Å². The number of fused-ring (bicyclic) bond motifs is 1. The molecule has 0 aliphatic carbocycles. The largest absolute Gasteiger partial charge is 0.461 e. The summed E-state index contributed by atoms with van der Waals surface area (Å²) in [7, 11) is 2.03. The summed E-state index contributed by atoms with van der Waals surface area (Å²) in [5.41, 5.74) is 4.37. The number of anilines is 2. The first-order valence-corrected chi connectivity index (χ1v) is 12.3. The van der Waals surface area contributed by atoms with E-state index in [0.717, 1.165) is 56.4 Å². The van der Waals surface area contributed by atoms with Gasteiger partial charge in [0.25, 0.3) is 0 Å².